The van der Waals surface area contributed by atoms with Crippen LogP contribution in [0, 0.1) is 0 Å². The van der Waals surface area contributed by atoms with Crippen molar-refractivity contribution >= 4 is 11.0 Å². The summed E-state index contributed by atoms with van der Waals surface area (Å²) < 4.78 is 28.4. The molecule has 10 atom stereocenters. The van der Waals surface area contributed by atoms with E-state index >= 15 is 0 Å². The quantitative estimate of drug-likeness (QED) is 0.168. The number of aliphatic hydroxyl groups is 6. The third-order valence-electron chi connectivity index (χ3n) is 7.09. The molecule has 9 N–H and O–H groups in total. The molecule has 0 saturated carbocycles. The molecular formula is C27H31O14+. The first kappa shape index (κ1) is 29.2. The number of ether oxygens (including phenoxy) is 4. The summed E-state index contributed by atoms with van der Waals surface area (Å²) in [5.41, 5.74) is 0.476. The Bertz CT molecular complexity index is 1370. The minimum absolute atomic E-state index is 0.0261. The Balaban J connectivity index is 1.42. The predicted octanol–water partition coefficient (Wildman–Crippen LogP) is -0.472. The molecule has 0 radical (unpaired) electrons. The normalized spacial score (nSPS) is 34.0. The van der Waals surface area contributed by atoms with E-state index in [0.29, 0.717) is 5.56 Å². The highest BCUT2D eigenvalue weighted by Crippen LogP contribution is 2.40. The monoisotopic (exact) mass is 579 g/mol. The molecule has 2 aromatic carbocycles. The zero-order valence-corrected chi connectivity index (χ0v) is 21.6. The Hall–Kier alpha value is -3.31. The Labute approximate surface area is 232 Å². The molecule has 2 aliphatic rings. The summed E-state index contributed by atoms with van der Waals surface area (Å²) in [5, 5.41) is 92.0. The van der Waals surface area contributed by atoms with Crippen LogP contribution in [0.15, 0.2) is 46.9 Å². The number of fused-ring (bicyclic) bond motifs is 1. The topological polar surface area (TPSA) is 230 Å². The Kier molecular flexibility index (Phi) is 8.20. The molecule has 3 aromatic rings. The lowest BCUT2D eigenvalue weighted by Crippen LogP contribution is -2.61. The number of phenols is 3. The summed E-state index contributed by atoms with van der Waals surface area (Å²) >= 11 is 0. The maximum absolute atomic E-state index is 10.7. The predicted molar refractivity (Wildman–Crippen MR) is 137 cm³/mol. The molecule has 1 aromatic heterocycles. The molecule has 14 heteroatoms. The molecule has 41 heavy (non-hydrogen) atoms. The van der Waals surface area contributed by atoms with Gasteiger partial charge in [0, 0.05) is 12.1 Å². The summed E-state index contributed by atoms with van der Waals surface area (Å²) in [7, 11) is 0. The molecule has 5 unspecified atom stereocenters. The first-order valence-electron chi connectivity index (χ1n) is 12.7. The number of benzene rings is 2. The van der Waals surface area contributed by atoms with Gasteiger partial charge in [0.2, 0.25) is 12.0 Å². The molecule has 0 spiro atoms. The van der Waals surface area contributed by atoms with Crippen molar-refractivity contribution in [1.29, 1.82) is 0 Å². The van der Waals surface area contributed by atoms with Crippen molar-refractivity contribution < 1.29 is 69.3 Å². The van der Waals surface area contributed by atoms with Crippen molar-refractivity contribution in [1.82, 2.24) is 0 Å². The van der Waals surface area contributed by atoms with Gasteiger partial charge < -0.3 is 64.9 Å². The van der Waals surface area contributed by atoms with Crippen LogP contribution in [0.4, 0.5) is 0 Å². The van der Waals surface area contributed by atoms with Gasteiger partial charge in [0.15, 0.2) is 6.29 Å². The summed E-state index contributed by atoms with van der Waals surface area (Å²) in [4.78, 5) is 0. The Morgan fingerprint density at radius 2 is 1.39 bits per heavy atom. The lowest BCUT2D eigenvalue weighted by molar-refractivity contribution is -0.318. The third-order valence-corrected chi connectivity index (χ3v) is 7.09. The van der Waals surface area contributed by atoms with Gasteiger partial charge in [-0.2, -0.15) is 0 Å². The van der Waals surface area contributed by atoms with E-state index in [4.69, 9.17) is 23.4 Å². The minimum Gasteiger partial charge on any atom is -0.508 e. The van der Waals surface area contributed by atoms with Gasteiger partial charge in [-0.1, -0.05) is 0 Å². The fraction of sp³-hybridized carbons (Fsp3) is 0.444. The second-order valence-electron chi connectivity index (χ2n) is 10.0. The van der Waals surface area contributed by atoms with E-state index in [1.807, 2.05) is 0 Å². The number of aliphatic hydroxyl groups excluding tert-OH is 6. The first-order chi connectivity index (χ1) is 19.4. The third kappa shape index (κ3) is 5.74. The summed E-state index contributed by atoms with van der Waals surface area (Å²) in [6.07, 6.45) is -15.0. The molecule has 2 fully saturated rings. The van der Waals surface area contributed by atoms with Gasteiger partial charge in [0.05, 0.1) is 24.3 Å². The molecule has 222 valence electrons. The van der Waals surface area contributed by atoms with E-state index in [0.717, 1.165) is 6.07 Å². The SMILES string of the molecule is CC1O[C@@H](OCC2O[C@@H](Oc3cc4c(O)cc(O)cc4[o+]c3-c3ccc(O)cc3)C(O)C(O)[C@H]2O)C(O)[C@@H](O)[C@H]1O. The summed E-state index contributed by atoms with van der Waals surface area (Å²) in [6, 6.07) is 9.48. The van der Waals surface area contributed by atoms with Crippen LogP contribution in [0.5, 0.6) is 23.0 Å². The van der Waals surface area contributed by atoms with Crippen molar-refractivity contribution in [3.63, 3.8) is 0 Å². The minimum atomic E-state index is -1.77. The van der Waals surface area contributed by atoms with Crippen LogP contribution in [-0.2, 0) is 14.2 Å². The highest BCUT2D eigenvalue weighted by Gasteiger charge is 2.48. The summed E-state index contributed by atoms with van der Waals surface area (Å²) in [6.45, 7) is 0.973. The fourth-order valence-corrected chi connectivity index (χ4v) is 4.70. The van der Waals surface area contributed by atoms with Crippen LogP contribution in [0.25, 0.3) is 22.3 Å². The highest BCUT2D eigenvalue weighted by atomic mass is 16.7. The van der Waals surface area contributed by atoms with Gasteiger partial charge in [-0.05, 0) is 31.2 Å². The van der Waals surface area contributed by atoms with Crippen molar-refractivity contribution in [2.24, 2.45) is 0 Å². The second-order valence-corrected chi connectivity index (χ2v) is 10.0. The standard InChI is InChI=1S/C27H30O14/c1-10-19(31)21(33)23(35)26(38-10)37-9-18-20(32)22(34)24(36)27(41-18)40-17-8-14-15(30)6-13(29)7-16(14)39-25(17)11-2-4-12(28)5-3-11/h2-8,10,18-24,26-27,31-36H,9H2,1H3,(H2-,28,29,30)/p+1/t10?,18?,19-,20-,21-,22?,23?,24?,26+,27+/m0/s1. The van der Waals surface area contributed by atoms with Crippen molar-refractivity contribution in [3.05, 3.63) is 42.5 Å². The fourth-order valence-electron chi connectivity index (χ4n) is 4.70. The number of phenolic OH excluding ortho intramolecular Hbond substituents is 3. The lowest BCUT2D eigenvalue weighted by atomic mass is 9.98. The molecular weight excluding hydrogens is 548 g/mol. The molecule has 5 rings (SSSR count). The lowest BCUT2D eigenvalue weighted by Gasteiger charge is -2.42. The van der Waals surface area contributed by atoms with Crippen molar-refractivity contribution in [2.45, 2.75) is 68.3 Å². The van der Waals surface area contributed by atoms with Crippen molar-refractivity contribution in [3.8, 4) is 34.3 Å². The van der Waals surface area contributed by atoms with E-state index in [-0.39, 0.29) is 39.7 Å². The van der Waals surface area contributed by atoms with Crippen LogP contribution in [0.2, 0.25) is 0 Å². The molecule has 2 aliphatic heterocycles. The van der Waals surface area contributed by atoms with Gasteiger partial charge in [0.1, 0.15) is 65.4 Å². The number of hydrogen-bond acceptors (Lipinski definition) is 13. The zero-order chi connectivity index (χ0) is 29.6. The number of rotatable bonds is 6. The van der Waals surface area contributed by atoms with Crippen LogP contribution in [-0.4, -0.2) is 114 Å². The number of aromatic hydroxyl groups is 3. The van der Waals surface area contributed by atoms with Crippen LogP contribution < -0.4 is 4.74 Å². The van der Waals surface area contributed by atoms with Crippen molar-refractivity contribution in [2.75, 3.05) is 6.61 Å². The van der Waals surface area contributed by atoms with E-state index in [2.05, 4.69) is 0 Å². The second kappa shape index (κ2) is 11.5. The smallest absolute Gasteiger partial charge is 0.402 e. The first-order valence-corrected chi connectivity index (χ1v) is 12.7. The summed E-state index contributed by atoms with van der Waals surface area (Å²) in [5.74, 6) is -0.661. The van der Waals surface area contributed by atoms with E-state index < -0.39 is 68.0 Å². The maximum atomic E-state index is 10.7. The Morgan fingerprint density at radius 1 is 0.732 bits per heavy atom. The maximum Gasteiger partial charge on any atom is 0.402 e. The van der Waals surface area contributed by atoms with Gasteiger partial charge in [0.25, 0.3) is 0 Å². The molecule has 2 saturated heterocycles. The largest absolute Gasteiger partial charge is 0.508 e. The Morgan fingerprint density at radius 3 is 2.10 bits per heavy atom. The average Bonchev–Trinajstić information content (AvgIpc) is 2.94. The zero-order valence-electron chi connectivity index (χ0n) is 21.6. The molecule has 14 nitrogen and oxygen atoms in total. The molecule has 0 amide bonds. The molecule has 0 bridgehead atoms. The van der Waals surface area contributed by atoms with Gasteiger partial charge in [-0.15, -0.1) is 0 Å². The van der Waals surface area contributed by atoms with E-state index in [9.17, 15) is 46.0 Å². The van der Waals surface area contributed by atoms with Crippen LogP contribution in [0.1, 0.15) is 6.92 Å². The van der Waals surface area contributed by atoms with Crippen LogP contribution >= 0.6 is 0 Å². The van der Waals surface area contributed by atoms with E-state index in [1.165, 1.54) is 43.3 Å². The van der Waals surface area contributed by atoms with E-state index in [1.54, 1.807) is 0 Å². The number of hydrogen-bond donors (Lipinski definition) is 9. The van der Waals surface area contributed by atoms with Gasteiger partial charge >= 0.3 is 11.3 Å². The molecule has 3 heterocycles. The van der Waals surface area contributed by atoms with Gasteiger partial charge in [-0.25, -0.2) is 4.42 Å². The molecule has 0 aliphatic carbocycles. The average molecular weight is 580 g/mol. The van der Waals surface area contributed by atoms with Gasteiger partial charge in [-0.3, -0.25) is 0 Å². The highest BCUT2D eigenvalue weighted by molar-refractivity contribution is 5.88. The van der Waals surface area contributed by atoms with Crippen LogP contribution in [0.3, 0.4) is 0 Å².